The summed E-state index contributed by atoms with van der Waals surface area (Å²) in [5.74, 6) is 0.555. The molecule has 1 amide bonds. The van der Waals surface area contributed by atoms with Crippen LogP contribution < -0.4 is 15.0 Å². The topological polar surface area (TPSA) is 41.6 Å². The maximum absolute atomic E-state index is 11.9. The van der Waals surface area contributed by atoms with E-state index in [-0.39, 0.29) is 18.6 Å². The minimum Gasteiger partial charge on any atom is -0.484 e. The van der Waals surface area contributed by atoms with E-state index in [4.69, 9.17) is 4.74 Å². The van der Waals surface area contributed by atoms with Gasteiger partial charge in [-0.15, -0.1) is 0 Å². The highest BCUT2D eigenvalue weighted by molar-refractivity contribution is 9.10. The van der Waals surface area contributed by atoms with Gasteiger partial charge < -0.3 is 15.0 Å². The van der Waals surface area contributed by atoms with Crippen LogP contribution in [0.15, 0.2) is 59.1 Å². The molecule has 0 saturated carbocycles. The Morgan fingerprint density at radius 3 is 2.48 bits per heavy atom. The van der Waals surface area contributed by atoms with Crippen LogP contribution in [-0.4, -0.2) is 32.1 Å². The number of halogens is 1. The Balaban J connectivity index is 1.74. The third-order valence-corrected chi connectivity index (χ3v) is 4.13. The molecule has 2 rings (SSSR count). The molecule has 0 aliphatic heterocycles. The van der Waals surface area contributed by atoms with Gasteiger partial charge in [0.25, 0.3) is 5.91 Å². The third kappa shape index (κ3) is 5.60. The van der Waals surface area contributed by atoms with Gasteiger partial charge in [-0.25, -0.2) is 0 Å². The molecule has 0 saturated heterocycles. The summed E-state index contributed by atoms with van der Waals surface area (Å²) in [7, 11) is 2.02. The van der Waals surface area contributed by atoms with Crippen molar-refractivity contribution in [3.8, 4) is 5.75 Å². The van der Waals surface area contributed by atoms with E-state index in [2.05, 4.69) is 45.2 Å². The van der Waals surface area contributed by atoms with E-state index in [1.807, 2.05) is 49.5 Å². The number of carbonyl (C=O) groups excluding carboxylic acids is 1. The minimum absolute atomic E-state index is 0.0173. The Labute approximate surface area is 145 Å². The summed E-state index contributed by atoms with van der Waals surface area (Å²) < 4.78 is 6.43. The van der Waals surface area contributed by atoms with Crippen molar-refractivity contribution in [2.45, 2.75) is 13.0 Å². The summed E-state index contributed by atoms with van der Waals surface area (Å²) in [5, 5.41) is 2.90. The molecule has 0 heterocycles. The Hall–Kier alpha value is -2.01. The van der Waals surface area contributed by atoms with Gasteiger partial charge in [0.2, 0.25) is 0 Å². The molecule has 5 heteroatoms. The Bertz CT molecular complexity index is 617. The summed E-state index contributed by atoms with van der Waals surface area (Å²) in [4.78, 5) is 14.0. The largest absolute Gasteiger partial charge is 0.484 e. The molecule has 0 aliphatic carbocycles. The molecule has 1 N–H and O–H groups in total. The lowest BCUT2D eigenvalue weighted by atomic mass is 10.2. The van der Waals surface area contributed by atoms with Crippen LogP contribution in [0.4, 0.5) is 5.69 Å². The standard InChI is InChI=1S/C18H21BrN2O2/c1-14(21(2)16-6-4-3-5-7-16)12-20-18(22)13-23-17-10-8-15(19)9-11-17/h3-11,14H,12-13H2,1-2H3,(H,20,22). The molecule has 0 bridgehead atoms. The molecule has 0 radical (unpaired) electrons. The first-order valence-corrected chi connectivity index (χ1v) is 8.28. The number of likely N-dealkylation sites (N-methyl/N-ethyl adjacent to an activating group) is 1. The van der Waals surface area contributed by atoms with Crippen LogP contribution >= 0.6 is 15.9 Å². The maximum atomic E-state index is 11.9. The number of carbonyl (C=O) groups is 1. The second-order valence-electron chi connectivity index (χ2n) is 5.34. The van der Waals surface area contributed by atoms with E-state index in [0.29, 0.717) is 12.3 Å². The summed E-state index contributed by atoms with van der Waals surface area (Å²) >= 11 is 3.36. The average Bonchev–Trinajstić information content (AvgIpc) is 2.59. The average molecular weight is 377 g/mol. The number of nitrogens with zero attached hydrogens (tertiary/aromatic N) is 1. The third-order valence-electron chi connectivity index (χ3n) is 3.60. The van der Waals surface area contributed by atoms with Gasteiger partial charge in [-0.1, -0.05) is 34.1 Å². The van der Waals surface area contributed by atoms with Crippen molar-refractivity contribution in [2.75, 3.05) is 25.1 Å². The summed E-state index contributed by atoms with van der Waals surface area (Å²) in [6.07, 6.45) is 0. The number of para-hydroxylation sites is 1. The SMILES string of the molecule is CC(CNC(=O)COc1ccc(Br)cc1)N(C)c1ccccc1. The van der Waals surface area contributed by atoms with Crippen molar-refractivity contribution in [3.63, 3.8) is 0 Å². The second kappa shape index (κ2) is 8.58. The fourth-order valence-electron chi connectivity index (χ4n) is 2.05. The summed E-state index contributed by atoms with van der Waals surface area (Å²) in [5.41, 5.74) is 1.13. The first kappa shape index (κ1) is 17.3. The van der Waals surface area contributed by atoms with Crippen molar-refractivity contribution < 1.29 is 9.53 Å². The molecule has 1 atom stereocenters. The monoisotopic (exact) mass is 376 g/mol. The first-order chi connectivity index (χ1) is 11.1. The summed E-state index contributed by atoms with van der Waals surface area (Å²) in [6, 6.07) is 17.7. The van der Waals surface area contributed by atoms with Crippen LogP contribution in [0.2, 0.25) is 0 Å². The summed E-state index contributed by atoms with van der Waals surface area (Å²) in [6.45, 7) is 2.65. The van der Waals surface area contributed by atoms with Gasteiger partial charge in [0, 0.05) is 29.8 Å². The molecule has 122 valence electrons. The van der Waals surface area contributed by atoms with Gasteiger partial charge in [-0.2, -0.15) is 0 Å². The van der Waals surface area contributed by atoms with Gasteiger partial charge in [0.15, 0.2) is 6.61 Å². The number of nitrogens with one attached hydrogen (secondary N) is 1. The first-order valence-electron chi connectivity index (χ1n) is 7.49. The Kier molecular flexibility index (Phi) is 6.47. The number of ether oxygens (including phenoxy) is 1. The van der Waals surface area contributed by atoms with Crippen LogP contribution in [0.3, 0.4) is 0 Å². The van der Waals surface area contributed by atoms with Gasteiger partial charge in [0.05, 0.1) is 0 Å². The zero-order valence-electron chi connectivity index (χ0n) is 13.3. The molecule has 23 heavy (non-hydrogen) atoms. The zero-order chi connectivity index (χ0) is 16.7. The van der Waals surface area contributed by atoms with Crippen LogP contribution in [0.5, 0.6) is 5.75 Å². The lowest BCUT2D eigenvalue weighted by Crippen LogP contribution is -2.41. The quantitative estimate of drug-likeness (QED) is 0.804. The number of benzene rings is 2. The molecule has 1 unspecified atom stereocenters. The predicted octanol–water partition coefficient (Wildman–Crippen LogP) is 3.47. The highest BCUT2D eigenvalue weighted by Crippen LogP contribution is 2.16. The highest BCUT2D eigenvalue weighted by Gasteiger charge is 2.11. The number of hydrogen-bond donors (Lipinski definition) is 1. The molecule has 2 aromatic rings. The fourth-order valence-corrected chi connectivity index (χ4v) is 2.31. The van der Waals surface area contributed by atoms with E-state index in [1.54, 1.807) is 0 Å². The second-order valence-corrected chi connectivity index (χ2v) is 6.26. The molecule has 0 spiro atoms. The number of anilines is 1. The number of hydrogen-bond acceptors (Lipinski definition) is 3. The Morgan fingerprint density at radius 1 is 1.17 bits per heavy atom. The predicted molar refractivity (Wildman–Crippen MR) is 97.0 cm³/mol. The van der Waals surface area contributed by atoms with Crippen molar-refractivity contribution in [1.29, 1.82) is 0 Å². The van der Waals surface area contributed by atoms with Gasteiger partial charge in [0.1, 0.15) is 5.75 Å². The molecule has 0 aromatic heterocycles. The fraction of sp³-hybridized carbons (Fsp3) is 0.278. The van der Waals surface area contributed by atoms with Crippen molar-refractivity contribution >= 4 is 27.5 Å². The molecule has 2 aromatic carbocycles. The van der Waals surface area contributed by atoms with Crippen LogP contribution in [-0.2, 0) is 4.79 Å². The zero-order valence-corrected chi connectivity index (χ0v) is 14.9. The lowest BCUT2D eigenvalue weighted by Gasteiger charge is -2.27. The molecule has 4 nitrogen and oxygen atoms in total. The van der Waals surface area contributed by atoms with E-state index in [9.17, 15) is 4.79 Å². The van der Waals surface area contributed by atoms with E-state index >= 15 is 0 Å². The number of rotatable bonds is 7. The van der Waals surface area contributed by atoms with Crippen molar-refractivity contribution in [1.82, 2.24) is 5.32 Å². The molecule has 0 aliphatic rings. The molecule has 0 fully saturated rings. The number of amides is 1. The van der Waals surface area contributed by atoms with E-state index < -0.39 is 0 Å². The van der Waals surface area contributed by atoms with E-state index in [0.717, 1.165) is 10.2 Å². The van der Waals surface area contributed by atoms with Crippen molar-refractivity contribution in [2.24, 2.45) is 0 Å². The molecular formula is C18H21BrN2O2. The maximum Gasteiger partial charge on any atom is 0.258 e. The van der Waals surface area contributed by atoms with Gasteiger partial charge >= 0.3 is 0 Å². The van der Waals surface area contributed by atoms with Crippen LogP contribution in [0.25, 0.3) is 0 Å². The highest BCUT2D eigenvalue weighted by atomic mass is 79.9. The van der Waals surface area contributed by atoms with Gasteiger partial charge in [-0.3, -0.25) is 4.79 Å². The Morgan fingerprint density at radius 2 is 1.83 bits per heavy atom. The van der Waals surface area contributed by atoms with E-state index in [1.165, 1.54) is 0 Å². The smallest absolute Gasteiger partial charge is 0.258 e. The minimum atomic E-state index is -0.124. The van der Waals surface area contributed by atoms with Crippen LogP contribution in [0.1, 0.15) is 6.92 Å². The van der Waals surface area contributed by atoms with Crippen molar-refractivity contribution in [3.05, 3.63) is 59.1 Å². The lowest BCUT2D eigenvalue weighted by molar-refractivity contribution is -0.123. The normalized spacial score (nSPS) is 11.6. The van der Waals surface area contributed by atoms with Gasteiger partial charge in [-0.05, 0) is 43.3 Å². The molecular weight excluding hydrogens is 356 g/mol. The van der Waals surface area contributed by atoms with Crippen LogP contribution in [0, 0.1) is 0 Å².